The molecule has 1 aromatic carbocycles. The number of benzene rings is 1. The minimum Gasteiger partial charge on any atom is -0.361 e. The molecule has 1 saturated heterocycles. The van der Waals surface area contributed by atoms with Gasteiger partial charge in [-0.25, -0.2) is 0 Å². The van der Waals surface area contributed by atoms with E-state index >= 15 is 0 Å². The van der Waals surface area contributed by atoms with Crippen LogP contribution >= 0.6 is 11.8 Å². The van der Waals surface area contributed by atoms with Crippen LogP contribution in [-0.4, -0.2) is 42.3 Å². The van der Waals surface area contributed by atoms with E-state index in [1.54, 1.807) is 0 Å². The summed E-state index contributed by atoms with van der Waals surface area (Å²) in [6.45, 7) is 6.82. The largest absolute Gasteiger partial charge is 0.361 e. The van der Waals surface area contributed by atoms with Gasteiger partial charge in [0.1, 0.15) is 0 Å². The predicted molar refractivity (Wildman–Crippen MR) is 87.3 cm³/mol. The van der Waals surface area contributed by atoms with Gasteiger partial charge in [0, 0.05) is 12.6 Å². The lowest BCUT2D eigenvalue weighted by atomic mass is 10.1. The molecule has 4 heteroatoms. The highest BCUT2D eigenvalue weighted by Crippen LogP contribution is 2.34. The molecule has 3 rings (SSSR count). The predicted octanol–water partition coefficient (Wildman–Crippen LogP) is 2.90. The molecule has 2 aliphatic rings. The molecule has 3 nitrogen and oxygen atoms in total. The van der Waals surface area contributed by atoms with Gasteiger partial charge in [-0.2, -0.15) is 0 Å². The second-order valence-corrected chi connectivity index (χ2v) is 6.91. The first-order valence-corrected chi connectivity index (χ1v) is 8.44. The van der Waals surface area contributed by atoms with Gasteiger partial charge in [-0.3, -0.25) is 4.99 Å². The fourth-order valence-corrected chi connectivity index (χ4v) is 4.03. The number of nitrogens with one attached hydrogen (secondary N) is 1. The van der Waals surface area contributed by atoms with Crippen LogP contribution in [0.5, 0.6) is 0 Å². The van der Waals surface area contributed by atoms with Crippen molar-refractivity contribution in [3.8, 4) is 0 Å². The monoisotopic (exact) mass is 289 g/mol. The summed E-state index contributed by atoms with van der Waals surface area (Å²) in [4.78, 5) is 7.21. The zero-order chi connectivity index (χ0) is 13.8. The summed E-state index contributed by atoms with van der Waals surface area (Å²) in [7, 11) is 0. The molecule has 0 saturated carbocycles. The van der Waals surface area contributed by atoms with E-state index in [4.69, 9.17) is 0 Å². The average molecular weight is 289 g/mol. The third kappa shape index (κ3) is 3.55. The number of likely N-dealkylation sites (tertiary alicyclic amines) is 1. The minimum atomic E-state index is 0.480. The van der Waals surface area contributed by atoms with Crippen LogP contribution in [0.25, 0.3) is 0 Å². The van der Waals surface area contributed by atoms with E-state index < -0.39 is 0 Å². The molecule has 0 aromatic heterocycles. The fraction of sp³-hybridized carbons (Fsp3) is 0.562. The van der Waals surface area contributed by atoms with Crippen molar-refractivity contribution in [2.45, 2.75) is 31.1 Å². The fourth-order valence-electron chi connectivity index (χ4n) is 2.90. The van der Waals surface area contributed by atoms with E-state index in [0.717, 1.165) is 18.3 Å². The molecule has 1 N–H and O–H groups in total. The summed E-state index contributed by atoms with van der Waals surface area (Å²) in [5.74, 6) is 0. The maximum absolute atomic E-state index is 4.66. The van der Waals surface area contributed by atoms with Gasteiger partial charge in [0.15, 0.2) is 5.17 Å². The van der Waals surface area contributed by atoms with Crippen LogP contribution in [0.3, 0.4) is 0 Å². The van der Waals surface area contributed by atoms with Gasteiger partial charge in [0.05, 0.1) is 11.8 Å². The lowest BCUT2D eigenvalue weighted by molar-refractivity contribution is 0.312. The molecular weight excluding hydrogens is 266 g/mol. The van der Waals surface area contributed by atoms with Crippen LogP contribution in [0.4, 0.5) is 0 Å². The first-order valence-electron chi connectivity index (χ1n) is 7.56. The van der Waals surface area contributed by atoms with Gasteiger partial charge in [0.2, 0.25) is 0 Å². The van der Waals surface area contributed by atoms with Crippen molar-refractivity contribution in [2.75, 3.05) is 26.2 Å². The lowest BCUT2D eigenvalue weighted by Gasteiger charge is -2.21. The molecule has 2 heterocycles. The number of hydrogen-bond acceptors (Lipinski definition) is 4. The number of amidine groups is 1. The molecule has 20 heavy (non-hydrogen) atoms. The van der Waals surface area contributed by atoms with Crippen LogP contribution in [0, 0.1) is 0 Å². The molecule has 0 aliphatic carbocycles. The maximum atomic E-state index is 4.66. The Balaban J connectivity index is 1.47. The molecular formula is C16H23N3S. The van der Waals surface area contributed by atoms with Crippen molar-refractivity contribution >= 4 is 16.9 Å². The topological polar surface area (TPSA) is 27.6 Å². The average Bonchev–Trinajstić information content (AvgIpc) is 3.11. The summed E-state index contributed by atoms with van der Waals surface area (Å²) in [5.41, 5.74) is 1.38. The molecule has 0 radical (unpaired) electrons. The van der Waals surface area contributed by atoms with Crippen LogP contribution in [-0.2, 0) is 0 Å². The summed E-state index contributed by atoms with van der Waals surface area (Å²) in [6.07, 6.45) is 2.72. The number of aliphatic imine (C=N–C) groups is 1. The van der Waals surface area contributed by atoms with Crippen molar-refractivity contribution in [3.63, 3.8) is 0 Å². The highest BCUT2D eigenvalue weighted by Gasteiger charge is 2.23. The van der Waals surface area contributed by atoms with Gasteiger partial charge >= 0.3 is 0 Å². The van der Waals surface area contributed by atoms with Gasteiger partial charge in [-0.15, -0.1) is 0 Å². The number of rotatable bonds is 4. The first kappa shape index (κ1) is 14.0. The van der Waals surface area contributed by atoms with Crippen LogP contribution in [0.1, 0.15) is 30.6 Å². The van der Waals surface area contributed by atoms with Crippen LogP contribution < -0.4 is 5.32 Å². The Morgan fingerprint density at radius 1 is 1.30 bits per heavy atom. The Labute approximate surface area is 125 Å². The second-order valence-electron chi connectivity index (χ2n) is 5.72. The minimum absolute atomic E-state index is 0.480. The number of thioether (sulfide) groups is 1. The van der Waals surface area contributed by atoms with Gasteiger partial charge in [-0.1, -0.05) is 42.1 Å². The Morgan fingerprint density at radius 3 is 2.80 bits per heavy atom. The van der Waals surface area contributed by atoms with Crippen molar-refractivity contribution in [1.29, 1.82) is 0 Å². The third-order valence-corrected chi connectivity index (χ3v) is 5.10. The highest BCUT2D eigenvalue weighted by atomic mass is 32.2. The van der Waals surface area contributed by atoms with Crippen molar-refractivity contribution in [1.82, 2.24) is 10.2 Å². The molecule has 2 atom stereocenters. The van der Waals surface area contributed by atoms with Crippen molar-refractivity contribution < 1.29 is 0 Å². The van der Waals surface area contributed by atoms with Gasteiger partial charge in [0.25, 0.3) is 0 Å². The highest BCUT2D eigenvalue weighted by molar-refractivity contribution is 8.14. The zero-order valence-corrected chi connectivity index (χ0v) is 12.9. The van der Waals surface area contributed by atoms with E-state index in [-0.39, 0.29) is 0 Å². The van der Waals surface area contributed by atoms with E-state index in [9.17, 15) is 0 Å². The first-order chi connectivity index (χ1) is 9.81. The zero-order valence-electron chi connectivity index (χ0n) is 12.1. The smallest absolute Gasteiger partial charge is 0.157 e. The number of hydrogen-bond donors (Lipinski definition) is 1. The molecule has 0 bridgehead atoms. The Morgan fingerprint density at radius 2 is 2.05 bits per heavy atom. The van der Waals surface area contributed by atoms with Crippen molar-refractivity contribution in [2.24, 2.45) is 4.99 Å². The van der Waals surface area contributed by atoms with E-state index in [0.29, 0.717) is 11.3 Å². The van der Waals surface area contributed by atoms with Crippen LogP contribution in [0.2, 0.25) is 0 Å². The Kier molecular flexibility index (Phi) is 4.63. The molecule has 108 valence electrons. The summed E-state index contributed by atoms with van der Waals surface area (Å²) < 4.78 is 0. The lowest BCUT2D eigenvalue weighted by Crippen LogP contribution is -2.39. The Hall–Kier alpha value is -1.00. The van der Waals surface area contributed by atoms with E-state index in [1.807, 2.05) is 11.8 Å². The summed E-state index contributed by atoms with van der Waals surface area (Å²) >= 11 is 1.87. The molecule has 1 fully saturated rings. The standard InChI is InChI=1S/C16H23N3S/c1-13(12-19-9-5-6-10-19)18-16-17-11-15(20-16)14-7-3-2-4-8-14/h2-4,7-8,13,15H,5-6,9-12H2,1H3,(H,17,18). The van der Waals surface area contributed by atoms with Gasteiger partial charge in [-0.05, 0) is 38.4 Å². The second kappa shape index (κ2) is 6.64. The molecule has 2 unspecified atom stereocenters. The molecule has 0 amide bonds. The molecule has 0 spiro atoms. The van der Waals surface area contributed by atoms with Crippen LogP contribution in [0.15, 0.2) is 35.3 Å². The maximum Gasteiger partial charge on any atom is 0.157 e. The number of nitrogens with zero attached hydrogens (tertiary/aromatic N) is 2. The SMILES string of the molecule is CC(CN1CCCC1)NC1=NCC(c2ccccc2)S1. The van der Waals surface area contributed by atoms with Gasteiger partial charge < -0.3 is 10.2 Å². The molecule has 2 aliphatic heterocycles. The van der Waals surface area contributed by atoms with E-state index in [2.05, 4.69) is 52.5 Å². The third-order valence-electron chi connectivity index (χ3n) is 3.93. The quantitative estimate of drug-likeness (QED) is 0.923. The summed E-state index contributed by atoms with van der Waals surface area (Å²) in [6, 6.07) is 11.2. The normalized spacial score (nSPS) is 24.6. The molecule has 1 aromatic rings. The Bertz CT molecular complexity index is 454. The van der Waals surface area contributed by atoms with E-state index in [1.165, 1.54) is 31.5 Å². The summed E-state index contributed by atoms with van der Waals surface area (Å²) in [5, 5.41) is 5.18. The van der Waals surface area contributed by atoms with Crippen molar-refractivity contribution in [3.05, 3.63) is 35.9 Å².